The summed E-state index contributed by atoms with van der Waals surface area (Å²) >= 11 is 0. The molecular formula is C30H41N3. The molecule has 2 aromatic rings. The molecule has 0 unspecified atom stereocenters. The van der Waals surface area contributed by atoms with Crippen molar-refractivity contribution >= 4 is 0 Å². The van der Waals surface area contributed by atoms with Gasteiger partial charge in [-0.25, -0.2) is 0 Å². The van der Waals surface area contributed by atoms with Crippen LogP contribution in [0.15, 0.2) is 60.7 Å². The third-order valence-corrected chi connectivity index (χ3v) is 9.75. The van der Waals surface area contributed by atoms with Crippen LogP contribution in [0.1, 0.15) is 75.6 Å². The lowest BCUT2D eigenvalue weighted by Crippen LogP contribution is -2.51. The Balaban J connectivity index is 1.12. The second-order valence-electron chi connectivity index (χ2n) is 11.3. The predicted molar refractivity (Wildman–Crippen MR) is 136 cm³/mol. The van der Waals surface area contributed by atoms with E-state index in [-0.39, 0.29) is 0 Å². The molecule has 4 bridgehead atoms. The zero-order chi connectivity index (χ0) is 22.4. The van der Waals surface area contributed by atoms with Gasteiger partial charge < -0.3 is 5.32 Å². The van der Waals surface area contributed by atoms with Gasteiger partial charge in [0.2, 0.25) is 0 Å². The number of hydrogen-bond acceptors (Lipinski definition) is 3. The fraction of sp³-hybridized carbons (Fsp3) is 0.600. The van der Waals surface area contributed by atoms with Gasteiger partial charge in [-0.05, 0) is 75.3 Å². The Morgan fingerprint density at radius 2 is 1.09 bits per heavy atom. The van der Waals surface area contributed by atoms with Gasteiger partial charge in [-0.3, -0.25) is 9.80 Å². The average molecular weight is 444 g/mol. The minimum absolute atomic E-state index is 0.519. The third-order valence-electron chi connectivity index (χ3n) is 9.75. The van der Waals surface area contributed by atoms with E-state index in [2.05, 4.69) is 89.6 Å². The second-order valence-corrected chi connectivity index (χ2v) is 11.3. The normalized spacial score (nSPS) is 35.3. The number of rotatable bonds is 8. The molecule has 2 aliphatic carbocycles. The number of fused-ring (bicyclic) bond motifs is 4. The highest BCUT2D eigenvalue weighted by molar-refractivity contribution is 5.21. The number of piperidine rings is 2. The van der Waals surface area contributed by atoms with Crippen molar-refractivity contribution in [2.45, 2.75) is 88.6 Å². The smallest absolute Gasteiger partial charge is 0.0326 e. The van der Waals surface area contributed by atoms with E-state index in [1.165, 1.54) is 49.7 Å². The lowest BCUT2D eigenvalue weighted by Gasteiger charge is -2.42. The monoisotopic (exact) mass is 443 g/mol. The Kier molecular flexibility index (Phi) is 6.06. The molecule has 0 spiro atoms. The van der Waals surface area contributed by atoms with Crippen molar-refractivity contribution in [2.24, 2.45) is 11.8 Å². The number of nitrogens with one attached hydrogen (secondary N) is 1. The Morgan fingerprint density at radius 1 is 0.667 bits per heavy atom. The fourth-order valence-corrected chi connectivity index (χ4v) is 8.19. The quantitative estimate of drug-likeness (QED) is 0.556. The Bertz CT molecular complexity index is 839. The van der Waals surface area contributed by atoms with Gasteiger partial charge in [0.1, 0.15) is 0 Å². The van der Waals surface area contributed by atoms with Crippen LogP contribution in [0.2, 0.25) is 0 Å². The van der Waals surface area contributed by atoms with Crippen molar-refractivity contribution in [3.8, 4) is 0 Å². The van der Waals surface area contributed by atoms with Crippen LogP contribution < -0.4 is 5.32 Å². The minimum atomic E-state index is 0.519. The van der Waals surface area contributed by atoms with E-state index in [4.69, 9.17) is 0 Å². The third kappa shape index (κ3) is 3.96. The SMILES string of the molecule is C[C@@H](c1ccccc1)N1[C@H]2CC[C@H](C2)[C@@H]1CNC[C@H]1[C@@H]2CC[C@@H](C2)N1[C@@H](C)c1ccccc1. The van der Waals surface area contributed by atoms with Gasteiger partial charge in [-0.2, -0.15) is 0 Å². The highest BCUT2D eigenvalue weighted by Crippen LogP contribution is 2.48. The molecule has 2 aliphatic heterocycles. The van der Waals surface area contributed by atoms with Crippen LogP contribution in [0.25, 0.3) is 0 Å². The molecule has 4 aliphatic rings. The zero-order valence-corrected chi connectivity index (χ0v) is 20.4. The van der Waals surface area contributed by atoms with E-state index >= 15 is 0 Å². The second kappa shape index (κ2) is 9.17. The van der Waals surface area contributed by atoms with Crippen molar-refractivity contribution in [1.82, 2.24) is 15.1 Å². The van der Waals surface area contributed by atoms with Gasteiger partial charge in [-0.1, -0.05) is 60.7 Å². The lowest BCUT2D eigenvalue weighted by atomic mass is 9.94. The van der Waals surface area contributed by atoms with E-state index in [0.717, 1.165) is 37.0 Å². The molecule has 6 rings (SSSR count). The fourth-order valence-electron chi connectivity index (χ4n) is 8.19. The van der Waals surface area contributed by atoms with Crippen LogP contribution in [0.4, 0.5) is 0 Å². The summed E-state index contributed by atoms with van der Waals surface area (Å²) in [4.78, 5) is 5.75. The maximum absolute atomic E-state index is 4.03. The van der Waals surface area contributed by atoms with E-state index in [1.54, 1.807) is 0 Å². The number of likely N-dealkylation sites (tertiary alicyclic amines) is 2. The molecule has 0 aromatic heterocycles. The molecule has 2 saturated heterocycles. The zero-order valence-electron chi connectivity index (χ0n) is 20.4. The minimum Gasteiger partial charge on any atom is -0.314 e. The molecule has 2 saturated carbocycles. The van der Waals surface area contributed by atoms with Crippen LogP contribution in [-0.2, 0) is 0 Å². The van der Waals surface area contributed by atoms with E-state index in [0.29, 0.717) is 24.2 Å². The van der Waals surface area contributed by atoms with Crippen molar-refractivity contribution in [3.63, 3.8) is 0 Å². The van der Waals surface area contributed by atoms with Gasteiger partial charge in [0, 0.05) is 49.3 Å². The van der Waals surface area contributed by atoms with Gasteiger partial charge in [0.25, 0.3) is 0 Å². The van der Waals surface area contributed by atoms with Gasteiger partial charge in [0.05, 0.1) is 0 Å². The van der Waals surface area contributed by atoms with Crippen LogP contribution in [0.5, 0.6) is 0 Å². The maximum atomic E-state index is 4.03. The summed E-state index contributed by atoms with van der Waals surface area (Å²) in [5.41, 5.74) is 2.96. The Hall–Kier alpha value is -1.68. The Labute approximate surface area is 200 Å². The predicted octanol–water partition coefficient (Wildman–Crippen LogP) is 5.80. The summed E-state index contributed by atoms with van der Waals surface area (Å²) < 4.78 is 0. The van der Waals surface area contributed by atoms with Crippen LogP contribution in [0.3, 0.4) is 0 Å². The molecule has 176 valence electrons. The number of nitrogens with zero attached hydrogens (tertiary/aromatic N) is 2. The molecular weight excluding hydrogens is 402 g/mol. The standard InChI is InChI=1S/C30H41N3/c1-21(23-9-5-3-6-10-23)32-27-15-13-25(17-27)29(32)19-31-20-30-26-14-16-28(18-26)33(30)22(2)24-11-7-4-8-12-24/h3-12,21-22,25-31H,13-20H2,1-2H3/t21-,22-,25+,26+,27-,28-,29-,30-/m0/s1. The van der Waals surface area contributed by atoms with E-state index in [1.807, 2.05) is 0 Å². The van der Waals surface area contributed by atoms with Crippen LogP contribution >= 0.6 is 0 Å². The van der Waals surface area contributed by atoms with Crippen molar-refractivity contribution in [2.75, 3.05) is 13.1 Å². The van der Waals surface area contributed by atoms with Crippen molar-refractivity contribution in [1.29, 1.82) is 0 Å². The average Bonchev–Trinajstić information content (AvgIpc) is 3.66. The summed E-state index contributed by atoms with van der Waals surface area (Å²) in [6, 6.07) is 26.4. The topological polar surface area (TPSA) is 18.5 Å². The highest BCUT2D eigenvalue weighted by atomic mass is 15.3. The molecule has 1 N–H and O–H groups in total. The molecule has 2 aromatic carbocycles. The molecule has 4 fully saturated rings. The number of hydrogen-bond donors (Lipinski definition) is 1. The molecule has 3 nitrogen and oxygen atoms in total. The van der Waals surface area contributed by atoms with Gasteiger partial charge >= 0.3 is 0 Å². The first kappa shape index (κ1) is 21.8. The molecule has 8 atom stereocenters. The number of benzene rings is 2. The van der Waals surface area contributed by atoms with Gasteiger partial charge in [0.15, 0.2) is 0 Å². The largest absolute Gasteiger partial charge is 0.314 e. The first-order valence-corrected chi connectivity index (χ1v) is 13.6. The summed E-state index contributed by atoms with van der Waals surface area (Å²) in [5.74, 6) is 1.76. The molecule has 0 radical (unpaired) electrons. The molecule has 0 amide bonds. The summed E-state index contributed by atoms with van der Waals surface area (Å²) in [7, 11) is 0. The van der Waals surface area contributed by atoms with Crippen molar-refractivity contribution in [3.05, 3.63) is 71.8 Å². The summed E-state index contributed by atoms with van der Waals surface area (Å²) in [6.07, 6.45) is 8.48. The Morgan fingerprint density at radius 3 is 1.52 bits per heavy atom. The first-order valence-electron chi connectivity index (χ1n) is 13.6. The van der Waals surface area contributed by atoms with Crippen LogP contribution in [0, 0.1) is 11.8 Å². The molecule has 3 heteroatoms. The van der Waals surface area contributed by atoms with Crippen molar-refractivity contribution < 1.29 is 0 Å². The summed E-state index contributed by atoms with van der Waals surface area (Å²) in [6.45, 7) is 7.17. The summed E-state index contributed by atoms with van der Waals surface area (Å²) in [5, 5.41) is 4.03. The maximum Gasteiger partial charge on any atom is 0.0326 e. The van der Waals surface area contributed by atoms with Gasteiger partial charge in [-0.15, -0.1) is 0 Å². The molecule has 2 heterocycles. The highest BCUT2D eigenvalue weighted by Gasteiger charge is 2.49. The van der Waals surface area contributed by atoms with E-state index < -0.39 is 0 Å². The first-order chi connectivity index (χ1) is 16.2. The lowest BCUT2D eigenvalue weighted by molar-refractivity contribution is 0.0774. The van der Waals surface area contributed by atoms with Crippen LogP contribution in [-0.4, -0.2) is 47.1 Å². The van der Waals surface area contributed by atoms with E-state index in [9.17, 15) is 0 Å². The molecule has 33 heavy (non-hydrogen) atoms.